The first kappa shape index (κ1) is 17.6. The highest BCUT2D eigenvalue weighted by Gasteiger charge is 2.19. The van der Waals surface area contributed by atoms with E-state index in [0.717, 1.165) is 16.8 Å². The summed E-state index contributed by atoms with van der Waals surface area (Å²) in [6.45, 7) is 3.96. The van der Waals surface area contributed by atoms with Gasteiger partial charge in [-0.3, -0.25) is 4.98 Å². The molecule has 7 nitrogen and oxygen atoms in total. The fraction of sp³-hybridized carbons (Fsp3) is 0.263. The Hall–Kier alpha value is -3.22. The molecule has 0 saturated carbocycles. The number of amides is 2. The summed E-state index contributed by atoms with van der Waals surface area (Å²) in [6.07, 6.45) is 6.60. The molecule has 2 amide bonds. The van der Waals surface area contributed by atoms with Crippen molar-refractivity contribution in [1.82, 2.24) is 30.0 Å². The largest absolute Gasteiger partial charge is 0.331 e. The predicted molar refractivity (Wildman–Crippen MR) is 98.7 cm³/mol. The lowest BCUT2D eigenvalue weighted by atomic mass is 10.1. The molecule has 7 heteroatoms. The molecule has 0 aliphatic rings. The third-order valence-corrected chi connectivity index (χ3v) is 4.51. The van der Waals surface area contributed by atoms with Crippen LogP contribution in [0.4, 0.5) is 4.79 Å². The van der Waals surface area contributed by atoms with Crippen LogP contribution in [0.15, 0.2) is 61.4 Å². The van der Waals surface area contributed by atoms with Crippen LogP contribution in [-0.4, -0.2) is 37.7 Å². The molecule has 134 valence electrons. The molecular formula is C19H22N6O. The minimum Gasteiger partial charge on any atom is -0.331 e. The molecule has 2 aromatic heterocycles. The number of carbonyl (C=O) groups is 1. The summed E-state index contributed by atoms with van der Waals surface area (Å²) in [5.74, 6) is 0. The second-order valence-corrected chi connectivity index (χ2v) is 6.17. The fourth-order valence-corrected chi connectivity index (χ4v) is 2.67. The van der Waals surface area contributed by atoms with Crippen molar-refractivity contribution in [1.29, 1.82) is 0 Å². The minimum atomic E-state index is -0.123. The van der Waals surface area contributed by atoms with Crippen molar-refractivity contribution in [3.63, 3.8) is 0 Å². The second-order valence-electron chi connectivity index (χ2n) is 6.17. The van der Waals surface area contributed by atoms with Gasteiger partial charge in [0.1, 0.15) is 12.7 Å². The minimum absolute atomic E-state index is 0.0653. The summed E-state index contributed by atoms with van der Waals surface area (Å²) in [5, 5.41) is 7.13. The van der Waals surface area contributed by atoms with E-state index in [1.165, 1.54) is 6.33 Å². The molecule has 0 aliphatic carbocycles. The quantitative estimate of drug-likeness (QED) is 0.767. The van der Waals surface area contributed by atoms with Gasteiger partial charge in [0.2, 0.25) is 0 Å². The molecule has 2 heterocycles. The Morgan fingerprint density at radius 1 is 1.04 bits per heavy atom. The molecule has 1 aromatic carbocycles. The lowest BCUT2D eigenvalue weighted by Gasteiger charge is -2.27. The number of nitrogens with zero attached hydrogens (tertiary/aromatic N) is 5. The lowest BCUT2D eigenvalue weighted by Crippen LogP contribution is -2.39. The zero-order chi connectivity index (χ0) is 18.5. The molecule has 3 rings (SSSR count). The van der Waals surface area contributed by atoms with E-state index in [1.807, 2.05) is 50.2 Å². The van der Waals surface area contributed by atoms with Crippen LogP contribution >= 0.6 is 0 Å². The Morgan fingerprint density at radius 3 is 2.35 bits per heavy atom. The van der Waals surface area contributed by atoms with Gasteiger partial charge in [0, 0.05) is 19.4 Å². The molecular weight excluding hydrogens is 328 g/mol. The van der Waals surface area contributed by atoms with Crippen molar-refractivity contribution in [3.8, 4) is 5.69 Å². The summed E-state index contributed by atoms with van der Waals surface area (Å²) in [6, 6.07) is 11.4. The third-order valence-electron chi connectivity index (χ3n) is 4.51. The molecule has 0 fully saturated rings. The van der Waals surface area contributed by atoms with E-state index in [9.17, 15) is 4.79 Å². The normalized spacial score (nSPS) is 13.0. The average molecular weight is 350 g/mol. The topological polar surface area (TPSA) is 75.9 Å². The van der Waals surface area contributed by atoms with Gasteiger partial charge in [0.05, 0.1) is 17.8 Å². The van der Waals surface area contributed by atoms with Crippen molar-refractivity contribution >= 4 is 6.03 Å². The van der Waals surface area contributed by atoms with Gasteiger partial charge >= 0.3 is 6.03 Å². The summed E-state index contributed by atoms with van der Waals surface area (Å²) >= 11 is 0. The highest BCUT2D eigenvalue weighted by molar-refractivity contribution is 5.75. The number of urea groups is 1. The summed E-state index contributed by atoms with van der Waals surface area (Å²) in [7, 11) is 1.80. The van der Waals surface area contributed by atoms with Crippen molar-refractivity contribution in [3.05, 3.63) is 72.6 Å². The SMILES string of the molecule is CC(NC(=O)N(C)C(C)c1ccc(-n2cncn2)cc1)c1ccncc1. The zero-order valence-corrected chi connectivity index (χ0v) is 15.1. The number of hydrogen-bond donors (Lipinski definition) is 1. The average Bonchev–Trinajstić information content (AvgIpc) is 3.22. The van der Waals surface area contributed by atoms with Crippen molar-refractivity contribution in [2.24, 2.45) is 0 Å². The molecule has 0 aliphatic heterocycles. The van der Waals surface area contributed by atoms with E-state index in [0.29, 0.717) is 0 Å². The van der Waals surface area contributed by atoms with E-state index in [1.54, 1.807) is 35.4 Å². The van der Waals surface area contributed by atoms with E-state index in [-0.39, 0.29) is 18.1 Å². The molecule has 0 spiro atoms. The van der Waals surface area contributed by atoms with Gasteiger partial charge in [-0.1, -0.05) is 12.1 Å². The van der Waals surface area contributed by atoms with Crippen LogP contribution in [0.25, 0.3) is 5.69 Å². The molecule has 2 unspecified atom stereocenters. The Bertz CT molecular complexity index is 832. The van der Waals surface area contributed by atoms with E-state index in [4.69, 9.17) is 0 Å². The first-order chi connectivity index (χ1) is 12.6. The number of pyridine rings is 1. The summed E-state index contributed by atoms with van der Waals surface area (Å²) < 4.78 is 1.70. The summed E-state index contributed by atoms with van der Waals surface area (Å²) in [4.78, 5) is 22.2. The summed E-state index contributed by atoms with van der Waals surface area (Å²) in [5.41, 5.74) is 2.99. The molecule has 26 heavy (non-hydrogen) atoms. The number of carbonyl (C=O) groups excluding carboxylic acids is 1. The number of hydrogen-bond acceptors (Lipinski definition) is 4. The fourth-order valence-electron chi connectivity index (χ4n) is 2.67. The molecule has 0 radical (unpaired) electrons. The van der Waals surface area contributed by atoms with Gasteiger partial charge in [0.15, 0.2) is 0 Å². The molecule has 1 N–H and O–H groups in total. The standard InChI is InChI=1S/C19H22N6O/c1-14(16-8-10-20-11-9-16)23-19(26)24(3)15(2)17-4-6-18(7-5-17)25-13-21-12-22-25/h4-15H,1-3H3,(H,23,26). The van der Waals surface area contributed by atoms with Gasteiger partial charge in [-0.25, -0.2) is 14.5 Å². The Kier molecular flexibility index (Phi) is 5.26. The van der Waals surface area contributed by atoms with Gasteiger partial charge in [-0.15, -0.1) is 0 Å². The van der Waals surface area contributed by atoms with Crippen molar-refractivity contribution in [2.75, 3.05) is 7.05 Å². The number of benzene rings is 1. The zero-order valence-electron chi connectivity index (χ0n) is 15.1. The first-order valence-corrected chi connectivity index (χ1v) is 8.44. The number of nitrogens with one attached hydrogen (secondary N) is 1. The van der Waals surface area contributed by atoms with Crippen LogP contribution in [0, 0.1) is 0 Å². The van der Waals surface area contributed by atoms with E-state index >= 15 is 0 Å². The van der Waals surface area contributed by atoms with Crippen LogP contribution in [0.2, 0.25) is 0 Å². The number of rotatable bonds is 5. The van der Waals surface area contributed by atoms with E-state index < -0.39 is 0 Å². The maximum Gasteiger partial charge on any atom is 0.318 e. The van der Waals surface area contributed by atoms with Crippen LogP contribution < -0.4 is 5.32 Å². The maximum absolute atomic E-state index is 12.6. The van der Waals surface area contributed by atoms with Crippen LogP contribution in [0.5, 0.6) is 0 Å². The van der Waals surface area contributed by atoms with Crippen LogP contribution in [0.1, 0.15) is 37.1 Å². The van der Waals surface area contributed by atoms with Gasteiger partial charge in [-0.2, -0.15) is 5.10 Å². The monoisotopic (exact) mass is 350 g/mol. The molecule has 0 bridgehead atoms. The highest BCUT2D eigenvalue weighted by atomic mass is 16.2. The molecule has 2 atom stereocenters. The lowest BCUT2D eigenvalue weighted by molar-refractivity contribution is 0.191. The second kappa shape index (κ2) is 7.77. The van der Waals surface area contributed by atoms with E-state index in [2.05, 4.69) is 20.4 Å². The van der Waals surface area contributed by atoms with Crippen LogP contribution in [0.3, 0.4) is 0 Å². The highest BCUT2D eigenvalue weighted by Crippen LogP contribution is 2.21. The van der Waals surface area contributed by atoms with Crippen LogP contribution in [-0.2, 0) is 0 Å². The maximum atomic E-state index is 12.6. The number of aromatic nitrogens is 4. The predicted octanol–water partition coefficient (Wildman–Crippen LogP) is 3.13. The van der Waals surface area contributed by atoms with Crippen molar-refractivity contribution < 1.29 is 4.79 Å². The molecule has 3 aromatic rings. The molecule has 0 saturated heterocycles. The van der Waals surface area contributed by atoms with Crippen molar-refractivity contribution in [2.45, 2.75) is 25.9 Å². The Labute approximate surface area is 152 Å². The van der Waals surface area contributed by atoms with Gasteiger partial charge < -0.3 is 10.2 Å². The van der Waals surface area contributed by atoms with Gasteiger partial charge in [-0.05, 0) is 49.2 Å². The third kappa shape index (κ3) is 3.88. The smallest absolute Gasteiger partial charge is 0.318 e. The van der Waals surface area contributed by atoms with Gasteiger partial charge in [0.25, 0.3) is 0 Å². The Balaban J connectivity index is 1.65. The Morgan fingerprint density at radius 2 is 1.73 bits per heavy atom. The first-order valence-electron chi connectivity index (χ1n) is 8.44.